The molecule has 0 aromatic rings. The number of hydrogen-bond donors (Lipinski definition) is 1. The molecule has 0 saturated carbocycles. The molecule has 0 saturated heterocycles. The van der Waals surface area contributed by atoms with Crippen molar-refractivity contribution in [1.82, 2.24) is 0 Å². The number of carbonyl (C=O) groups is 3. The van der Waals surface area contributed by atoms with Crippen LogP contribution in [0.4, 0.5) is 0 Å². The van der Waals surface area contributed by atoms with Crippen molar-refractivity contribution in [3.63, 3.8) is 0 Å². The number of carboxylic acid groups (broad SMARTS) is 1. The molecule has 0 aromatic heterocycles. The second-order valence-electron chi connectivity index (χ2n) is 3.49. The minimum Gasteiger partial charge on any atom is -0.481 e. The first-order valence-corrected chi connectivity index (χ1v) is 5.10. The highest BCUT2D eigenvalue weighted by atomic mass is 16.7. The Morgan fingerprint density at radius 2 is 1.82 bits per heavy atom. The van der Waals surface area contributed by atoms with Crippen LogP contribution in [0.2, 0.25) is 0 Å². The molecule has 1 atom stereocenters. The van der Waals surface area contributed by atoms with Gasteiger partial charge in [-0.3, -0.25) is 9.59 Å². The van der Waals surface area contributed by atoms with Gasteiger partial charge in [-0.05, 0) is 13.3 Å². The van der Waals surface area contributed by atoms with Crippen LogP contribution in [0.3, 0.4) is 0 Å². The summed E-state index contributed by atoms with van der Waals surface area (Å²) in [4.78, 5) is 32.4. The van der Waals surface area contributed by atoms with Gasteiger partial charge in [0.15, 0.2) is 0 Å². The number of hydrogen-bond acceptors (Lipinski definition) is 5. The Hall–Kier alpha value is -1.85. The van der Waals surface area contributed by atoms with Crippen molar-refractivity contribution in [1.29, 1.82) is 0 Å². The zero-order valence-electron chi connectivity index (χ0n) is 9.89. The molecule has 1 unspecified atom stereocenters. The molecule has 0 aliphatic heterocycles. The molecule has 0 radical (unpaired) electrons. The van der Waals surface area contributed by atoms with Crippen LogP contribution in [0, 0.1) is 0 Å². The van der Waals surface area contributed by atoms with Gasteiger partial charge in [0.2, 0.25) is 6.29 Å². The summed E-state index contributed by atoms with van der Waals surface area (Å²) in [5.74, 6) is -2.22. The first-order valence-electron chi connectivity index (χ1n) is 5.10. The molecular weight excluding hydrogens is 228 g/mol. The van der Waals surface area contributed by atoms with Gasteiger partial charge in [-0.1, -0.05) is 6.58 Å². The molecule has 0 amide bonds. The van der Waals surface area contributed by atoms with E-state index in [-0.39, 0.29) is 24.8 Å². The molecule has 1 N–H and O–H groups in total. The molecule has 0 aliphatic carbocycles. The normalized spacial score (nSPS) is 11.4. The highest BCUT2D eigenvalue weighted by Crippen LogP contribution is 2.04. The summed E-state index contributed by atoms with van der Waals surface area (Å²) >= 11 is 0. The third kappa shape index (κ3) is 8.01. The Kier molecular flexibility index (Phi) is 6.62. The van der Waals surface area contributed by atoms with Gasteiger partial charge in [-0.2, -0.15) is 0 Å². The van der Waals surface area contributed by atoms with Crippen LogP contribution >= 0.6 is 0 Å². The lowest BCUT2D eigenvalue weighted by Gasteiger charge is -2.13. The van der Waals surface area contributed by atoms with E-state index in [4.69, 9.17) is 14.6 Å². The van der Waals surface area contributed by atoms with E-state index in [1.807, 2.05) is 0 Å². The summed E-state index contributed by atoms with van der Waals surface area (Å²) in [5.41, 5.74) is 0.207. The van der Waals surface area contributed by atoms with Gasteiger partial charge >= 0.3 is 17.9 Å². The number of ether oxygens (including phenoxy) is 2. The summed E-state index contributed by atoms with van der Waals surface area (Å²) in [6.45, 7) is 6.25. The minimum absolute atomic E-state index is 0.0265. The van der Waals surface area contributed by atoms with Crippen LogP contribution in [0.1, 0.15) is 33.1 Å². The Labute approximate surface area is 99.2 Å². The van der Waals surface area contributed by atoms with Gasteiger partial charge < -0.3 is 14.6 Å². The molecule has 17 heavy (non-hydrogen) atoms. The first kappa shape index (κ1) is 15.2. The second kappa shape index (κ2) is 7.43. The molecular formula is C11H16O6. The SMILES string of the molecule is C=C(C)C(=O)OC(C)OC(=O)CCCC(=O)O. The lowest BCUT2D eigenvalue weighted by Crippen LogP contribution is -2.22. The average Bonchev–Trinajstić information content (AvgIpc) is 2.16. The average molecular weight is 244 g/mol. The number of carboxylic acids is 1. The van der Waals surface area contributed by atoms with E-state index in [1.54, 1.807) is 0 Å². The Morgan fingerprint density at radius 1 is 1.24 bits per heavy atom. The van der Waals surface area contributed by atoms with E-state index in [2.05, 4.69) is 6.58 Å². The van der Waals surface area contributed by atoms with Crippen LogP contribution in [-0.2, 0) is 23.9 Å². The molecule has 0 aliphatic rings. The summed E-state index contributed by atoms with van der Waals surface area (Å²) in [6.07, 6.45) is -0.942. The Morgan fingerprint density at radius 3 is 2.29 bits per heavy atom. The zero-order valence-corrected chi connectivity index (χ0v) is 9.89. The Balaban J connectivity index is 3.84. The van der Waals surface area contributed by atoms with Crippen molar-refractivity contribution in [2.75, 3.05) is 0 Å². The lowest BCUT2D eigenvalue weighted by molar-refractivity contribution is -0.181. The van der Waals surface area contributed by atoms with Crippen molar-refractivity contribution in [2.24, 2.45) is 0 Å². The number of carbonyl (C=O) groups excluding carboxylic acids is 2. The second-order valence-corrected chi connectivity index (χ2v) is 3.49. The van der Waals surface area contributed by atoms with Crippen molar-refractivity contribution >= 4 is 17.9 Å². The highest BCUT2D eigenvalue weighted by Gasteiger charge is 2.14. The first-order chi connectivity index (χ1) is 7.82. The summed E-state index contributed by atoms with van der Waals surface area (Å²) < 4.78 is 9.45. The van der Waals surface area contributed by atoms with Crippen molar-refractivity contribution in [3.05, 3.63) is 12.2 Å². The molecule has 0 fully saturated rings. The minimum atomic E-state index is -1.00. The molecule has 0 bridgehead atoms. The maximum Gasteiger partial charge on any atom is 0.336 e. The van der Waals surface area contributed by atoms with E-state index >= 15 is 0 Å². The fraction of sp³-hybridized carbons (Fsp3) is 0.545. The number of aliphatic carboxylic acids is 1. The van der Waals surface area contributed by atoms with E-state index in [0.717, 1.165) is 0 Å². The van der Waals surface area contributed by atoms with Crippen LogP contribution in [0.15, 0.2) is 12.2 Å². The summed E-state index contributed by atoms with van der Waals surface area (Å²) in [5, 5.41) is 8.36. The fourth-order valence-corrected chi connectivity index (χ4v) is 0.903. The van der Waals surface area contributed by atoms with Crippen LogP contribution in [0.25, 0.3) is 0 Å². The zero-order chi connectivity index (χ0) is 13.4. The predicted molar refractivity (Wildman–Crippen MR) is 57.9 cm³/mol. The maximum atomic E-state index is 11.2. The third-order valence-electron chi connectivity index (χ3n) is 1.69. The molecule has 6 nitrogen and oxygen atoms in total. The Bertz CT molecular complexity index is 320. The third-order valence-corrected chi connectivity index (χ3v) is 1.69. The fourth-order valence-electron chi connectivity index (χ4n) is 0.903. The van der Waals surface area contributed by atoms with Gasteiger partial charge in [-0.15, -0.1) is 0 Å². The molecule has 0 heterocycles. The topological polar surface area (TPSA) is 89.9 Å². The molecule has 0 aromatic carbocycles. The van der Waals surface area contributed by atoms with Gasteiger partial charge in [0.25, 0.3) is 0 Å². The molecule has 6 heteroatoms. The predicted octanol–water partition coefficient (Wildman–Crippen LogP) is 1.25. The van der Waals surface area contributed by atoms with E-state index in [1.165, 1.54) is 13.8 Å². The van der Waals surface area contributed by atoms with Crippen molar-refractivity contribution in [3.8, 4) is 0 Å². The quantitative estimate of drug-likeness (QED) is 0.412. The highest BCUT2D eigenvalue weighted by molar-refractivity contribution is 5.87. The molecule has 0 spiro atoms. The van der Waals surface area contributed by atoms with E-state index < -0.39 is 24.2 Å². The van der Waals surface area contributed by atoms with Crippen LogP contribution < -0.4 is 0 Å². The standard InChI is InChI=1S/C11H16O6/c1-7(2)11(15)17-8(3)16-10(14)6-4-5-9(12)13/h8H,1,4-6H2,2-3H3,(H,12,13). The largest absolute Gasteiger partial charge is 0.481 e. The summed E-state index contributed by atoms with van der Waals surface area (Å²) in [7, 11) is 0. The number of rotatable bonds is 7. The lowest BCUT2D eigenvalue weighted by atomic mass is 10.2. The van der Waals surface area contributed by atoms with E-state index in [0.29, 0.717) is 0 Å². The van der Waals surface area contributed by atoms with Crippen LogP contribution in [-0.4, -0.2) is 29.3 Å². The van der Waals surface area contributed by atoms with E-state index in [9.17, 15) is 14.4 Å². The molecule has 0 rings (SSSR count). The summed E-state index contributed by atoms with van der Waals surface area (Å²) in [6, 6.07) is 0. The number of esters is 2. The molecule has 96 valence electrons. The van der Waals surface area contributed by atoms with Gasteiger partial charge in [0, 0.05) is 25.3 Å². The van der Waals surface area contributed by atoms with Gasteiger partial charge in [0.05, 0.1) is 0 Å². The van der Waals surface area contributed by atoms with Crippen LogP contribution in [0.5, 0.6) is 0 Å². The van der Waals surface area contributed by atoms with Gasteiger partial charge in [0.1, 0.15) is 0 Å². The van der Waals surface area contributed by atoms with Crippen molar-refractivity contribution < 1.29 is 29.0 Å². The smallest absolute Gasteiger partial charge is 0.336 e. The maximum absolute atomic E-state index is 11.2. The van der Waals surface area contributed by atoms with Gasteiger partial charge in [-0.25, -0.2) is 4.79 Å². The van der Waals surface area contributed by atoms with Crippen molar-refractivity contribution in [2.45, 2.75) is 39.4 Å². The monoisotopic (exact) mass is 244 g/mol.